The standard InChI is InChI=1S/C43H68O5/c1-3-5-7-9-11-13-15-17-19-21-23-25-27-29-31-33-35-37-42(45)47-39-41(44)40-48-43(46)38-36-34-32-30-28-26-24-22-20-18-16-14-12-10-8-6-4-2/h5,7,11-14,17-20,23-26,29,31,41,44H,3-4,6,8-10,15-16,21-22,27-28,30,32-40H2,1-2H3/b7-5-,13-11-,14-12-,19-17-,20-18-,25-23-,26-24-,31-29-/t41-/m0/s1. The van der Waals surface area contributed by atoms with E-state index < -0.39 is 6.10 Å². The van der Waals surface area contributed by atoms with Gasteiger partial charge in [0.15, 0.2) is 0 Å². The molecule has 5 nitrogen and oxygen atoms in total. The molecular formula is C43H68O5. The van der Waals surface area contributed by atoms with Crippen molar-refractivity contribution in [3.63, 3.8) is 0 Å². The lowest BCUT2D eigenvalue weighted by Gasteiger charge is -2.12. The minimum atomic E-state index is -1.00. The topological polar surface area (TPSA) is 72.8 Å². The fraction of sp³-hybridized carbons (Fsp3) is 0.581. The number of hydrogen-bond donors (Lipinski definition) is 1. The van der Waals surface area contributed by atoms with Crippen molar-refractivity contribution < 1.29 is 24.2 Å². The van der Waals surface area contributed by atoms with Crippen LogP contribution >= 0.6 is 0 Å². The van der Waals surface area contributed by atoms with Gasteiger partial charge >= 0.3 is 11.9 Å². The van der Waals surface area contributed by atoms with Gasteiger partial charge in [-0.25, -0.2) is 0 Å². The van der Waals surface area contributed by atoms with Crippen LogP contribution in [0.4, 0.5) is 0 Å². The molecule has 0 bridgehead atoms. The number of rotatable bonds is 32. The van der Waals surface area contributed by atoms with Gasteiger partial charge in [0.25, 0.3) is 0 Å². The van der Waals surface area contributed by atoms with Crippen LogP contribution in [0.2, 0.25) is 0 Å². The fourth-order valence-electron chi connectivity index (χ4n) is 4.48. The van der Waals surface area contributed by atoms with Crippen molar-refractivity contribution in [1.29, 1.82) is 0 Å². The maximum Gasteiger partial charge on any atom is 0.305 e. The second-order valence-electron chi connectivity index (χ2n) is 12.0. The molecule has 0 aliphatic carbocycles. The van der Waals surface area contributed by atoms with Crippen molar-refractivity contribution in [2.45, 2.75) is 148 Å². The maximum absolute atomic E-state index is 11.9. The molecule has 0 saturated carbocycles. The average molecular weight is 665 g/mol. The Morgan fingerprint density at radius 1 is 0.458 bits per heavy atom. The highest BCUT2D eigenvalue weighted by Gasteiger charge is 2.11. The average Bonchev–Trinajstić information content (AvgIpc) is 3.09. The molecule has 0 saturated heterocycles. The molecule has 0 radical (unpaired) electrons. The lowest BCUT2D eigenvalue weighted by molar-refractivity contribution is -0.152. The molecule has 48 heavy (non-hydrogen) atoms. The van der Waals surface area contributed by atoms with Crippen molar-refractivity contribution >= 4 is 11.9 Å². The van der Waals surface area contributed by atoms with E-state index in [0.29, 0.717) is 19.3 Å². The first-order valence-corrected chi connectivity index (χ1v) is 18.8. The molecule has 1 N–H and O–H groups in total. The van der Waals surface area contributed by atoms with Crippen molar-refractivity contribution in [2.75, 3.05) is 13.2 Å². The highest BCUT2D eigenvalue weighted by Crippen LogP contribution is 2.08. The van der Waals surface area contributed by atoms with Crippen LogP contribution in [-0.2, 0) is 19.1 Å². The summed E-state index contributed by atoms with van der Waals surface area (Å²) in [5, 5.41) is 9.99. The Morgan fingerprint density at radius 2 is 0.812 bits per heavy atom. The Kier molecular flexibility index (Phi) is 35.7. The van der Waals surface area contributed by atoms with E-state index >= 15 is 0 Å². The zero-order chi connectivity index (χ0) is 35.0. The van der Waals surface area contributed by atoms with Crippen LogP contribution in [0.1, 0.15) is 142 Å². The van der Waals surface area contributed by atoms with Gasteiger partial charge in [0.2, 0.25) is 0 Å². The number of aliphatic hydroxyl groups is 1. The number of hydrogen-bond acceptors (Lipinski definition) is 5. The number of carbonyl (C=O) groups is 2. The third-order valence-corrected chi connectivity index (χ3v) is 7.30. The molecule has 0 aliphatic rings. The second-order valence-corrected chi connectivity index (χ2v) is 12.0. The van der Waals surface area contributed by atoms with E-state index in [-0.39, 0.29) is 25.2 Å². The molecule has 0 aromatic rings. The smallest absolute Gasteiger partial charge is 0.305 e. The highest BCUT2D eigenvalue weighted by molar-refractivity contribution is 5.69. The van der Waals surface area contributed by atoms with Gasteiger partial charge in [0.1, 0.15) is 19.3 Å². The minimum Gasteiger partial charge on any atom is -0.463 e. The number of ether oxygens (including phenoxy) is 2. The van der Waals surface area contributed by atoms with Gasteiger partial charge in [-0.05, 0) is 89.9 Å². The van der Waals surface area contributed by atoms with Crippen LogP contribution in [0.5, 0.6) is 0 Å². The lowest BCUT2D eigenvalue weighted by atomic mass is 10.1. The Bertz CT molecular complexity index is 979. The van der Waals surface area contributed by atoms with Gasteiger partial charge in [-0.1, -0.05) is 137 Å². The van der Waals surface area contributed by atoms with E-state index in [1.54, 1.807) is 0 Å². The molecule has 0 spiro atoms. The number of unbranched alkanes of at least 4 members (excludes halogenated alkanes) is 8. The largest absolute Gasteiger partial charge is 0.463 e. The minimum absolute atomic E-state index is 0.152. The number of aliphatic hydroxyl groups excluding tert-OH is 1. The molecular weight excluding hydrogens is 596 g/mol. The summed E-state index contributed by atoms with van der Waals surface area (Å²) >= 11 is 0. The molecule has 270 valence electrons. The van der Waals surface area contributed by atoms with Crippen LogP contribution in [0.15, 0.2) is 97.2 Å². The number of allylic oxidation sites excluding steroid dienone is 16. The Morgan fingerprint density at radius 3 is 1.25 bits per heavy atom. The van der Waals surface area contributed by atoms with Crippen LogP contribution in [-0.4, -0.2) is 36.4 Å². The van der Waals surface area contributed by atoms with Gasteiger partial charge in [-0.3, -0.25) is 9.59 Å². The van der Waals surface area contributed by atoms with Gasteiger partial charge in [-0.2, -0.15) is 0 Å². The molecule has 0 aromatic heterocycles. The van der Waals surface area contributed by atoms with E-state index in [1.807, 2.05) is 0 Å². The van der Waals surface area contributed by atoms with Crippen molar-refractivity contribution in [3.05, 3.63) is 97.2 Å². The van der Waals surface area contributed by atoms with Crippen LogP contribution < -0.4 is 0 Å². The molecule has 0 rings (SSSR count). The fourth-order valence-corrected chi connectivity index (χ4v) is 4.48. The van der Waals surface area contributed by atoms with E-state index in [9.17, 15) is 14.7 Å². The maximum atomic E-state index is 11.9. The number of carbonyl (C=O) groups excluding carboxylic acids is 2. The van der Waals surface area contributed by atoms with Gasteiger partial charge < -0.3 is 14.6 Å². The first-order chi connectivity index (χ1) is 23.6. The summed E-state index contributed by atoms with van der Waals surface area (Å²) in [7, 11) is 0. The zero-order valence-electron chi connectivity index (χ0n) is 30.5. The third-order valence-electron chi connectivity index (χ3n) is 7.30. The van der Waals surface area contributed by atoms with Gasteiger partial charge in [0.05, 0.1) is 0 Å². The van der Waals surface area contributed by atoms with E-state index in [1.165, 1.54) is 25.7 Å². The molecule has 0 heterocycles. The summed E-state index contributed by atoms with van der Waals surface area (Å²) in [6, 6.07) is 0. The summed E-state index contributed by atoms with van der Waals surface area (Å²) in [4.78, 5) is 23.9. The van der Waals surface area contributed by atoms with E-state index in [4.69, 9.17) is 9.47 Å². The van der Waals surface area contributed by atoms with Gasteiger partial charge in [0, 0.05) is 12.8 Å². The molecule has 0 amide bonds. The highest BCUT2D eigenvalue weighted by atomic mass is 16.6. The molecule has 0 aromatic carbocycles. The van der Waals surface area contributed by atoms with Crippen LogP contribution in [0.3, 0.4) is 0 Å². The summed E-state index contributed by atoms with van der Waals surface area (Å²) in [6.07, 6.45) is 53.1. The van der Waals surface area contributed by atoms with Crippen molar-refractivity contribution in [1.82, 2.24) is 0 Å². The van der Waals surface area contributed by atoms with Crippen LogP contribution in [0.25, 0.3) is 0 Å². The van der Waals surface area contributed by atoms with Crippen molar-refractivity contribution in [2.24, 2.45) is 0 Å². The predicted molar refractivity (Wildman–Crippen MR) is 205 cm³/mol. The normalized spacial score (nSPS) is 13.3. The zero-order valence-corrected chi connectivity index (χ0v) is 30.5. The Balaban J connectivity index is 3.63. The van der Waals surface area contributed by atoms with Crippen LogP contribution in [0, 0.1) is 0 Å². The molecule has 5 heteroatoms. The summed E-state index contributed by atoms with van der Waals surface area (Å²) in [5.41, 5.74) is 0. The summed E-state index contributed by atoms with van der Waals surface area (Å²) in [5.74, 6) is -0.667. The first kappa shape index (κ1) is 44.8. The van der Waals surface area contributed by atoms with E-state index in [2.05, 4.69) is 111 Å². The Labute approximate surface area is 294 Å². The first-order valence-electron chi connectivity index (χ1n) is 18.8. The third kappa shape index (κ3) is 37.3. The number of esters is 2. The summed E-state index contributed by atoms with van der Waals surface area (Å²) in [6.45, 7) is 4.06. The summed E-state index contributed by atoms with van der Waals surface area (Å²) < 4.78 is 10.3. The second kappa shape index (κ2) is 38.3. The molecule has 0 unspecified atom stereocenters. The van der Waals surface area contributed by atoms with Crippen molar-refractivity contribution in [3.8, 4) is 0 Å². The van der Waals surface area contributed by atoms with E-state index in [0.717, 1.165) is 83.5 Å². The Hall–Kier alpha value is -3.18. The van der Waals surface area contributed by atoms with Gasteiger partial charge in [-0.15, -0.1) is 0 Å². The molecule has 1 atom stereocenters. The SMILES string of the molecule is CC/C=C\C/C=C\C/C=C\C/C=C\C/C=C\CCCC(=O)OC[C@H](O)COC(=O)CCCCCC/C=C\C/C=C\C/C=C\CCCCC. The predicted octanol–water partition coefficient (Wildman–Crippen LogP) is 11.7. The molecule has 0 aliphatic heterocycles. The quantitative estimate of drug-likeness (QED) is 0.0440. The monoisotopic (exact) mass is 665 g/mol. The molecule has 0 fully saturated rings. The lowest BCUT2D eigenvalue weighted by Crippen LogP contribution is -2.25.